The van der Waals surface area contributed by atoms with Crippen molar-refractivity contribution in [2.24, 2.45) is 0 Å². The van der Waals surface area contributed by atoms with Crippen LogP contribution in [0.2, 0.25) is 0 Å². The van der Waals surface area contributed by atoms with Crippen LogP contribution in [0.5, 0.6) is 0 Å². The number of imidazole rings is 1. The highest BCUT2D eigenvalue weighted by Gasteiger charge is 2.19. The number of pyridine rings is 1. The molecule has 0 radical (unpaired) electrons. The lowest BCUT2D eigenvalue weighted by Gasteiger charge is -2.21. The van der Waals surface area contributed by atoms with E-state index >= 15 is 0 Å². The van der Waals surface area contributed by atoms with Crippen LogP contribution >= 0.6 is 12.4 Å². The van der Waals surface area contributed by atoms with Gasteiger partial charge in [0, 0.05) is 25.2 Å². The fourth-order valence-electron chi connectivity index (χ4n) is 3.20. The summed E-state index contributed by atoms with van der Waals surface area (Å²) in [4.78, 5) is 9.28. The molecule has 1 saturated heterocycles. The van der Waals surface area contributed by atoms with Crippen LogP contribution in [0, 0.1) is 0 Å². The van der Waals surface area contributed by atoms with Crippen molar-refractivity contribution in [2.45, 2.75) is 58.3 Å². The molecule has 140 valence electrons. The van der Waals surface area contributed by atoms with E-state index < -0.39 is 6.10 Å². The van der Waals surface area contributed by atoms with Gasteiger partial charge in [-0.25, -0.2) is 9.97 Å². The normalized spacial score (nSPS) is 19.4. The molecule has 0 unspecified atom stereocenters. The van der Waals surface area contributed by atoms with E-state index in [1.165, 1.54) is 0 Å². The standard InChI is InChI=1S/C17H28N6O.ClH/c1-4-13(11(3)24)21-15-8-14(20-12-6-7-18-9-12)16-17(22-15)23(5-2)10-19-16;/h8,10-13,18,24H,4-7,9H2,1-3H3,(H2,20,21,22);1H/t11-,12+,13+;/m1./s1. The first-order chi connectivity index (χ1) is 11.6. The van der Waals surface area contributed by atoms with E-state index in [2.05, 4.69) is 34.8 Å². The van der Waals surface area contributed by atoms with Gasteiger partial charge in [-0.05, 0) is 33.2 Å². The predicted octanol–water partition coefficient (Wildman–Crippen LogP) is 2.22. The molecule has 0 saturated carbocycles. The molecule has 2 aromatic heterocycles. The molecule has 4 N–H and O–H groups in total. The van der Waals surface area contributed by atoms with E-state index in [1.54, 1.807) is 6.92 Å². The molecule has 3 rings (SSSR count). The Balaban J connectivity index is 0.00000225. The molecule has 0 aliphatic carbocycles. The maximum atomic E-state index is 9.91. The fourth-order valence-corrected chi connectivity index (χ4v) is 3.20. The Bertz CT molecular complexity index is 683. The number of fused-ring (bicyclic) bond motifs is 1. The van der Waals surface area contributed by atoms with Gasteiger partial charge in [0.25, 0.3) is 0 Å². The Morgan fingerprint density at radius 2 is 2.24 bits per heavy atom. The van der Waals surface area contributed by atoms with Gasteiger partial charge in [-0.3, -0.25) is 0 Å². The third kappa shape index (κ3) is 4.34. The number of hydrogen-bond donors (Lipinski definition) is 4. The Kier molecular flexibility index (Phi) is 6.87. The zero-order valence-corrected chi connectivity index (χ0v) is 15.9. The highest BCUT2D eigenvalue weighted by molar-refractivity contribution is 5.88. The SMILES string of the molecule is CC[C@H](Nc1cc(N[C@H]2CCNC2)c2ncn(CC)c2n1)[C@@H](C)O.Cl. The molecule has 1 aliphatic rings. The number of halogens is 1. The van der Waals surface area contributed by atoms with Gasteiger partial charge in [-0.2, -0.15) is 0 Å². The summed E-state index contributed by atoms with van der Waals surface area (Å²) in [6, 6.07) is 2.40. The van der Waals surface area contributed by atoms with E-state index in [-0.39, 0.29) is 18.4 Å². The van der Waals surface area contributed by atoms with Gasteiger partial charge < -0.3 is 25.6 Å². The first-order valence-electron chi connectivity index (χ1n) is 8.90. The van der Waals surface area contributed by atoms with Crippen molar-refractivity contribution in [3.05, 3.63) is 12.4 Å². The van der Waals surface area contributed by atoms with E-state index in [0.29, 0.717) is 6.04 Å². The third-order valence-corrected chi connectivity index (χ3v) is 4.69. The van der Waals surface area contributed by atoms with Crippen LogP contribution in [0.1, 0.15) is 33.6 Å². The summed E-state index contributed by atoms with van der Waals surface area (Å²) >= 11 is 0. The van der Waals surface area contributed by atoms with Crippen LogP contribution < -0.4 is 16.0 Å². The van der Waals surface area contributed by atoms with Crippen molar-refractivity contribution in [3.8, 4) is 0 Å². The number of aromatic nitrogens is 3. The summed E-state index contributed by atoms with van der Waals surface area (Å²) in [5, 5.41) is 20.3. The summed E-state index contributed by atoms with van der Waals surface area (Å²) < 4.78 is 2.04. The number of rotatable bonds is 7. The zero-order chi connectivity index (χ0) is 17.1. The van der Waals surface area contributed by atoms with Gasteiger partial charge >= 0.3 is 0 Å². The van der Waals surface area contributed by atoms with Crippen LogP contribution in [-0.2, 0) is 6.54 Å². The Hall–Kier alpha value is -1.57. The topological polar surface area (TPSA) is 87.0 Å². The molecule has 1 fully saturated rings. The molecule has 8 heteroatoms. The molecule has 2 aromatic rings. The number of nitrogens with zero attached hydrogens (tertiary/aromatic N) is 3. The number of nitrogens with one attached hydrogen (secondary N) is 3. The van der Waals surface area contributed by atoms with Gasteiger partial charge in [-0.1, -0.05) is 6.92 Å². The summed E-state index contributed by atoms with van der Waals surface area (Å²) in [7, 11) is 0. The minimum absolute atomic E-state index is 0. The molecule has 0 bridgehead atoms. The third-order valence-electron chi connectivity index (χ3n) is 4.69. The van der Waals surface area contributed by atoms with Gasteiger partial charge in [-0.15, -0.1) is 12.4 Å². The van der Waals surface area contributed by atoms with Crippen molar-refractivity contribution < 1.29 is 5.11 Å². The van der Waals surface area contributed by atoms with Crippen LogP contribution in [0.3, 0.4) is 0 Å². The molecule has 0 aromatic carbocycles. The van der Waals surface area contributed by atoms with Gasteiger partial charge in [0.15, 0.2) is 5.65 Å². The van der Waals surface area contributed by atoms with Gasteiger partial charge in [0.1, 0.15) is 11.3 Å². The largest absolute Gasteiger partial charge is 0.391 e. The number of hydrogen-bond acceptors (Lipinski definition) is 6. The summed E-state index contributed by atoms with van der Waals surface area (Å²) in [6.07, 6.45) is 3.34. The lowest BCUT2D eigenvalue weighted by Crippen LogP contribution is -2.31. The molecule has 0 spiro atoms. The van der Waals surface area contributed by atoms with Crippen molar-refractivity contribution in [1.29, 1.82) is 0 Å². The first-order valence-corrected chi connectivity index (χ1v) is 8.90. The van der Waals surface area contributed by atoms with E-state index in [9.17, 15) is 5.11 Å². The first kappa shape index (κ1) is 19.8. The van der Waals surface area contributed by atoms with Crippen molar-refractivity contribution >= 4 is 35.1 Å². The number of aryl methyl sites for hydroxylation is 1. The molecular formula is C17H29ClN6O. The number of anilines is 2. The average Bonchev–Trinajstić information content (AvgIpc) is 3.21. The van der Waals surface area contributed by atoms with Crippen molar-refractivity contribution in [1.82, 2.24) is 19.9 Å². The summed E-state index contributed by atoms with van der Waals surface area (Å²) in [5.41, 5.74) is 2.78. The Labute approximate surface area is 155 Å². The number of aliphatic hydroxyl groups is 1. The monoisotopic (exact) mass is 368 g/mol. The smallest absolute Gasteiger partial charge is 0.164 e. The lowest BCUT2D eigenvalue weighted by atomic mass is 10.1. The van der Waals surface area contributed by atoms with E-state index in [1.807, 2.05) is 17.0 Å². The maximum absolute atomic E-state index is 9.91. The quantitative estimate of drug-likeness (QED) is 0.599. The lowest BCUT2D eigenvalue weighted by molar-refractivity contribution is 0.169. The van der Waals surface area contributed by atoms with Crippen molar-refractivity contribution in [2.75, 3.05) is 23.7 Å². The Morgan fingerprint density at radius 3 is 2.84 bits per heavy atom. The molecule has 0 amide bonds. The second-order valence-corrected chi connectivity index (χ2v) is 6.49. The molecule has 7 nitrogen and oxygen atoms in total. The highest BCUT2D eigenvalue weighted by atomic mass is 35.5. The Morgan fingerprint density at radius 1 is 1.44 bits per heavy atom. The zero-order valence-electron chi connectivity index (χ0n) is 15.1. The minimum atomic E-state index is -0.431. The van der Waals surface area contributed by atoms with Gasteiger partial charge in [0.2, 0.25) is 0 Å². The molecule has 3 heterocycles. The fraction of sp³-hybridized carbons (Fsp3) is 0.647. The highest BCUT2D eigenvalue weighted by Crippen LogP contribution is 2.26. The van der Waals surface area contributed by atoms with E-state index in [0.717, 1.165) is 55.1 Å². The van der Waals surface area contributed by atoms with Crippen LogP contribution in [0.4, 0.5) is 11.5 Å². The molecule has 3 atom stereocenters. The summed E-state index contributed by atoms with van der Waals surface area (Å²) in [5.74, 6) is 0.777. The van der Waals surface area contributed by atoms with Gasteiger partial charge in [0.05, 0.1) is 24.2 Å². The van der Waals surface area contributed by atoms with Crippen LogP contribution in [0.25, 0.3) is 11.2 Å². The van der Waals surface area contributed by atoms with Crippen LogP contribution in [-0.4, -0.2) is 50.9 Å². The second kappa shape index (κ2) is 8.69. The molecule has 25 heavy (non-hydrogen) atoms. The molecule has 1 aliphatic heterocycles. The average molecular weight is 369 g/mol. The van der Waals surface area contributed by atoms with Crippen LogP contribution in [0.15, 0.2) is 12.4 Å². The summed E-state index contributed by atoms with van der Waals surface area (Å²) in [6.45, 7) is 8.78. The molecular weight excluding hydrogens is 340 g/mol. The second-order valence-electron chi connectivity index (χ2n) is 6.49. The maximum Gasteiger partial charge on any atom is 0.164 e. The van der Waals surface area contributed by atoms with E-state index in [4.69, 9.17) is 4.98 Å². The number of aliphatic hydroxyl groups excluding tert-OH is 1. The minimum Gasteiger partial charge on any atom is -0.391 e. The van der Waals surface area contributed by atoms with Crippen molar-refractivity contribution in [3.63, 3.8) is 0 Å². The predicted molar refractivity (Wildman–Crippen MR) is 105 cm³/mol.